The Hall–Kier alpha value is -1.13. The average molecular weight is 295 g/mol. The second kappa shape index (κ2) is 6.55. The third kappa shape index (κ3) is 3.50. The van der Waals surface area contributed by atoms with Crippen LogP contribution in [0.2, 0.25) is 5.16 Å². The summed E-state index contributed by atoms with van der Waals surface area (Å²) in [5.74, 6) is 0. The van der Waals surface area contributed by atoms with Crippen molar-refractivity contribution in [3.63, 3.8) is 0 Å². The van der Waals surface area contributed by atoms with Crippen LogP contribution in [0.25, 0.3) is 0 Å². The summed E-state index contributed by atoms with van der Waals surface area (Å²) in [6.45, 7) is 11.3. The molecular formula is C18H22Si2. The maximum absolute atomic E-state index is 2.39. The molecule has 102 valence electrons. The third-order valence-corrected chi connectivity index (χ3v) is 7.39. The van der Waals surface area contributed by atoms with Gasteiger partial charge in [-0.15, -0.1) is 0 Å². The highest BCUT2D eigenvalue weighted by molar-refractivity contribution is 6.73. The lowest BCUT2D eigenvalue weighted by Crippen LogP contribution is -2.30. The van der Waals surface area contributed by atoms with Gasteiger partial charge < -0.3 is 0 Å². The summed E-state index contributed by atoms with van der Waals surface area (Å²) in [6.07, 6.45) is 0. The normalized spacial score (nSPS) is 11.1. The van der Waals surface area contributed by atoms with Gasteiger partial charge in [-0.1, -0.05) is 58.9 Å². The Labute approximate surface area is 128 Å². The second-order valence-corrected chi connectivity index (χ2v) is 9.47. The molecule has 0 heterocycles. The molecule has 0 spiro atoms. The minimum absolute atomic E-state index is 0.732. The highest BCUT2D eigenvalue weighted by Gasteiger charge is 2.12. The van der Waals surface area contributed by atoms with Crippen molar-refractivity contribution in [3.05, 3.63) is 58.7 Å². The molecule has 2 aromatic carbocycles. The summed E-state index contributed by atoms with van der Waals surface area (Å²) in [6, 6.07) is 13.4. The van der Waals surface area contributed by atoms with E-state index in [9.17, 15) is 0 Å². The van der Waals surface area contributed by atoms with E-state index in [-0.39, 0.29) is 0 Å². The SMILES string of the molecule is Cc1cccc([Si]C(C)[Si]c2cccc(C)c2C)c1C. The van der Waals surface area contributed by atoms with Gasteiger partial charge in [0.1, 0.15) is 0 Å². The van der Waals surface area contributed by atoms with Crippen LogP contribution in [0.4, 0.5) is 0 Å². The zero-order chi connectivity index (χ0) is 14.7. The first-order valence-corrected chi connectivity index (χ1v) is 9.30. The van der Waals surface area contributed by atoms with E-state index in [2.05, 4.69) is 71.0 Å². The van der Waals surface area contributed by atoms with Crippen molar-refractivity contribution in [1.29, 1.82) is 0 Å². The molecule has 0 aromatic heterocycles. The van der Waals surface area contributed by atoms with Crippen molar-refractivity contribution in [1.82, 2.24) is 0 Å². The van der Waals surface area contributed by atoms with Crippen LogP contribution in [-0.4, -0.2) is 19.0 Å². The summed E-state index contributed by atoms with van der Waals surface area (Å²) < 4.78 is 0. The molecule has 0 nitrogen and oxygen atoms in total. The maximum Gasteiger partial charge on any atom is 0.0812 e. The Balaban J connectivity index is 2.11. The average Bonchev–Trinajstić information content (AvgIpc) is 2.40. The Morgan fingerprint density at radius 3 is 1.50 bits per heavy atom. The van der Waals surface area contributed by atoms with E-state index in [0.717, 1.165) is 24.2 Å². The van der Waals surface area contributed by atoms with Crippen LogP contribution in [0.15, 0.2) is 36.4 Å². The number of hydrogen-bond donors (Lipinski definition) is 0. The monoisotopic (exact) mass is 294 g/mol. The van der Waals surface area contributed by atoms with E-state index in [1.54, 1.807) is 0 Å². The standard InChI is InChI=1S/C18H22Si2/c1-12-8-6-10-17(14(12)3)19-16(5)20-18-11-7-9-13(2)15(18)4/h6-11,16H,1-5H3. The summed E-state index contributed by atoms with van der Waals surface area (Å²) in [5, 5.41) is 3.81. The zero-order valence-corrected chi connectivity index (χ0v) is 15.0. The molecule has 0 unspecified atom stereocenters. The molecule has 2 aromatic rings. The molecule has 0 saturated carbocycles. The van der Waals surface area contributed by atoms with E-state index in [1.807, 2.05) is 0 Å². The summed E-state index contributed by atoms with van der Waals surface area (Å²) >= 11 is 0. The fourth-order valence-electron chi connectivity index (χ4n) is 2.32. The molecule has 0 amide bonds. The molecule has 0 saturated heterocycles. The fraction of sp³-hybridized carbons (Fsp3) is 0.333. The highest BCUT2D eigenvalue weighted by atomic mass is 28.3. The number of rotatable bonds is 4. The predicted octanol–water partition coefficient (Wildman–Crippen LogP) is 3.05. The lowest BCUT2D eigenvalue weighted by atomic mass is 10.1. The topological polar surface area (TPSA) is 0 Å². The molecule has 0 aliphatic carbocycles. The maximum atomic E-state index is 2.39. The Kier molecular flexibility index (Phi) is 5.00. The number of hydrogen-bond acceptors (Lipinski definition) is 0. The molecule has 0 bridgehead atoms. The van der Waals surface area contributed by atoms with Gasteiger partial charge in [-0.25, -0.2) is 0 Å². The van der Waals surface area contributed by atoms with E-state index >= 15 is 0 Å². The van der Waals surface area contributed by atoms with E-state index in [4.69, 9.17) is 0 Å². The largest absolute Gasteiger partial charge is 0.0812 e. The minimum atomic E-state index is 0.732. The van der Waals surface area contributed by atoms with Crippen LogP contribution < -0.4 is 10.4 Å². The van der Waals surface area contributed by atoms with Crippen molar-refractivity contribution >= 4 is 29.4 Å². The lowest BCUT2D eigenvalue weighted by molar-refractivity contribution is 1.30. The van der Waals surface area contributed by atoms with Gasteiger partial charge in [0.2, 0.25) is 0 Å². The van der Waals surface area contributed by atoms with E-state index in [0.29, 0.717) is 0 Å². The molecular weight excluding hydrogens is 272 g/mol. The molecule has 0 atom stereocenters. The molecule has 20 heavy (non-hydrogen) atoms. The van der Waals surface area contributed by atoms with E-state index in [1.165, 1.54) is 32.6 Å². The molecule has 4 radical (unpaired) electrons. The summed E-state index contributed by atoms with van der Waals surface area (Å²) in [5.41, 5.74) is 5.78. The molecule has 0 fully saturated rings. The highest BCUT2D eigenvalue weighted by Crippen LogP contribution is 2.08. The fourth-order valence-corrected chi connectivity index (χ4v) is 5.68. The van der Waals surface area contributed by atoms with Gasteiger partial charge in [-0.2, -0.15) is 0 Å². The van der Waals surface area contributed by atoms with Crippen LogP contribution in [-0.2, 0) is 0 Å². The molecule has 2 rings (SSSR count). The van der Waals surface area contributed by atoms with Gasteiger partial charge >= 0.3 is 0 Å². The van der Waals surface area contributed by atoms with Gasteiger partial charge in [0.15, 0.2) is 0 Å². The van der Waals surface area contributed by atoms with Crippen LogP contribution in [0.3, 0.4) is 0 Å². The van der Waals surface area contributed by atoms with Gasteiger partial charge in [-0.3, -0.25) is 0 Å². The Morgan fingerprint density at radius 1 is 0.700 bits per heavy atom. The van der Waals surface area contributed by atoms with Crippen molar-refractivity contribution in [2.24, 2.45) is 0 Å². The number of benzene rings is 2. The molecule has 0 N–H and O–H groups in total. The van der Waals surface area contributed by atoms with Crippen LogP contribution in [0, 0.1) is 27.7 Å². The van der Waals surface area contributed by atoms with Crippen molar-refractivity contribution < 1.29 is 0 Å². The smallest absolute Gasteiger partial charge is 0.0675 e. The first kappa shape index (κ1) is 15.3. The van der Waals surface area contributed by atoms with Gasteiger partial charge in [0.25, 0.3) is 0 Å². The van der Waals surface area contributed by atoms with Gasteiger partial charge in [-0.05, 0) is 49.9 Å². The van der Waals surface area contributed by atoms with Gasteiger partial charge in [0.05, 0.1) is 19.0 Å². The summed E-state index contributed by atoms with van der Waals surface area (Å²) in [7, 11) is 1.81. The minimum Gasteiger partial charge on any atom is -0.0675 e. The first-order valence-electron chi connectivity index (χ1n) is 7.14. The first-order chi connectivity index (χ1) is 9.49. The van der Waals surface area contributed by atoms with E-state index < -0.39 is 0 Å². The van der Waals surface area contributed by atoms with Gasteiger partial charge in [0, 0.05) is 0 Å². The Morgan fingerprint density at radius 2 is 1.10 bits per heavy atom. The molecule has 2 heteroatoms. The zero-order valence-electron chi connectivity index (χ0n) is 13.0. The molecule has 0 aliphatic heterocycles. The van der Waals surface area contributed by atoms with Crippen molar-refractivity contribution in [2.45, 2.75) is 39.8 Å². The lowest BCUT2D eigenvalue weighted by Gasteiger charge is -2.15. The quantitative estimate of drug-likeness (QED) is 0.760. The van der Waals surface area contributed by atoms with Crippen molar-refractivity contribution in [2.75, 3.05) is 0 Å². The number of aryl methyl sites for hydroxylation is 2. The van der Waals surface area contributed by atoms with Crippen molar-refractivity contribution in [3.8, 4) is 0 Å². The van der Waals surface area contributed by atoms with Crippen LogP contribution >= 0.6 is 0 Å². The molecule has 0 aliphatic rings. The van der Waals surface area contributed by atoms with Crippen LogP contribution in [0.1, 0.15) is 29.2 Å². The Bertz CT molecular complexity index is 549. The second-order valence-electron chi connectivity index (χ2n) is 5.51. The summed E-state index contributed by atoms with van der Waals surface area (Å²) in [4.78, 5) is 0. The van der Waals surface area contributed by atoms with Crippen LogP contribution in [0.5, 0.6) is 0 Å². The third-order valence-electron chi connectivity index (χ3n) is 3.95. The predicted molar refractivity (Wildman–Crippen MR) is 92.0 cm³/mol.